The molecule has 0 saturated heterocycles. The lowest BCUT2D eigenvalue weighted by atomic mass is 10.1. The monoisotopic (exact) mass is 309 g/mol. The lowest BCUT2D eigenvalue weighted by Gasteiger charge is -2.05. The maximum absolute atomic E-state index is 12.0. The van der Waals surface area contributed by atoms with Crippen molar-refractivity contribution in [2.24, 2.45) is 5.92 Å². The van der Waals surface area contributed by atoms with Gasteiger partial charge in [-0.05, 0) is 24.5 Å². The summed E-state index contributed by atoms with van der Waals surface area (Å²) < 4.78 is 1.68. The molecule has 21 heavy (non-hydrogen) atoms. The summed E-state index contributed by atoms with van der Waals surface area (Å²) in [7, 11) is 0. The molecule has 0 aliphatic heterocycles. The third-order valence-corrected chi connectivity index (χ3v) is 2.92. The number of hydrogen-bond donors (Lipinski definition) is 2. The van der Waals surface area contributed by atoms with Gasteiger partial charge in [-0.15, -0.1) is 17.5 Å². The summed E-state index contributed by atoms with van der Waals surface area (Å²) in [6, 6.07) is 7.10. The Bertz CT molecular complexity index is 597. The van der Waals surface area contributed by atoms with Crippen molar-refractivity contribution < 1.29 is 4.79 Å². The molecule has 2 aromatic rings. The number of amides is 1. The molecule has 7 heteroatoms. The van der Waals surface area contributed by atoms with E-state index in [2.05, 4.69) is 29.5 Å². The van der Waals surface area contributed by atoms with Gasteiger partial charge in [-0.3, -0.25) is 9.48 Å². The van der Waals surface area contributed by atoms with Gasteiger partial charge >= 0.3 is 0 Å². The smallest absolute Gasteiger partial charge is 0.277 e. The number of carbonyl (C=O) groups is 1. The summed E-state index contributed by atoms with van der Waals surface area (Å²) >= 11 is 0. The van der Waals surface area contributed by atoms with E-state index in [0.29, 0.717) is 17.3 Å². The maximum Gasteiger partial charge on any atom is 0.277 e. The number of nitrogens with two attached hydrogens (primary N) is 1. The molecule has 0 unspecified atom stereocenters. The van der Waals surface area contributed by atoms with E-state index < -0.39 is 0 Å². The van der Waals surface area contributed by atoms with Gasteiger partial charge in [-0.2, -0.15) is 0 Å². The second-order valence-corrected chi connectivity index (χ2v) is 5.09. The van der Waals surface area contributed by atoms with Crippen LogP contribution >= 0.6 is 12.4 Å². The Morgan fingerprint density at radius 1 is 1.38 bits per heavy atom. The van der Waals surface area contributed by atoms with E-state index in [1.807, 2.05) is 12.1 Å². The summed E-state index contributed by atoms with van der Waals surface area (Å²) in [5, 5.41) is 10.6. The zero-order chi connectivity index (χ0) is 14.5. The van der Waals surface area contributed by atoms with E-state index in [9.17, 15) is 4.79 Å². The third-order valence-electron chi connectivity index (χ3n) is 2.92. The fourth-order valence-electron chi connectivity index (χ4n) is 1.70. The van der Waals surface area contributed by atoms with E-state index in [0.717, 1.165) is 13.0 Å². The molecular formula is C14H20ClN5O. The zero-order valence-electron chi connectivity index (χ0n) is 12.1. The molecule has 3 N–H and O–H groups in total. The van der Waals surface area contributed by atoms with E-state index in [-0.39, 0.29) is 24.0 Å². The van der Waals surface area contributed by atoms with Gasteiger partial charge in [0.25, 0.3) is 5.91 Å². The Morgan fingerprint density at radius 2 is 2.10 bits per heavy atom. The number of rotatable bonds is 5. The number of nitrogen functional groups attached to an aromatic ring is 1. The first-order valence-electron chi connectivity index (χ1n) is 6.62. The summed E-state index contributed by atoms with van der Waals surface area (Å²) in [5.41, 5.74) is 7.17. The molecule has 0 spiro atoms. The van der Waals surface area contributed by atoms with E-state index in [4.69, 9.17) is 5.73 Å². The van der Waals surface area contributed by atoms with Gasteiger partial charge in [0, 0.05) is 6.54 Å². The number of benzene rings is 1. The van der Waals surface area contributed by atoms with Crippen LogP contribution in [0.3, 0.4) is 0 Å². The van der Waals surface area contributed by atoms with Crippen molar-refractivity contribution in [3.63, 3.8) is 0 Å². The lowest BCUT2D eigenvalue weighted by molar-refractivity contribution is 0.102. The highest BCUT2D eigenvalue weighted by Gasteiger charge is 2.12. The lowest BCUT2D eigenvalue weighted by Crippen LogP contribution is -2.13. The number of para-hydroxylation sites is 2. The van der Waals surface area contributed by atoms with Crippen LogP contribution in [-0.4, -0.2) is 20.9 Å². The minimum absolute atomic E-state index is 0. The fourth-order valence-corrected chi connectivity index (χ4v) is 1.70. The minimum atomic E-state index is -0.307. The molecule has 1 heterocycles. The van der Waals surface area contributed by atoms with Crippen LogP contribution in [0.25, 0.3) is 0 Å². The molecule has 0 fully saturated rings. The standard InChI is InChI=1S/C14H19N5O.ClH/c1-10(2)7-8-19-9-13(17-18-19)14(20)16-12-6-4-3-5-11(12)15;/h3-6,9-10H,7-8,15H2,1-2H3,(H,16,20);1H. The first kappa shape index (κ1) is 17.0. The molecule has 0 aliphatic rings. The maximum atomic E-state index is 12.0. The van der Waals surface area contributed by atoms with E-state index in [1.165, 1.54) is 0 Å². The first-order chi connectivity index (χ1) is 9.56. The summed E-state index contributed by atoms with van der Waals surface area (Å²) in [6.07, 6.45) is 2.65. The molecule has 6 nitrogen and oxygen atoms in total. The molecule has 1 amide bonds. The average molecular weight is 310 g/mol. The van der Waals surface area contributed by atoms with Crippen molar-refractivity contribution in [2.75, 3.05) is 11.1 Å². The second kappa shape index (κ2) is 7.64. The van der Waals surface area contributed by atoms with Gasteiger partial charge in [0.1, 0.15) is 0 Å². The number of nitrogens with zero attached hydrogens (tertiary/aromatic N) is 3. The Hall–Kier alpha value is -2.08. The summed E-state index contributed by atoms with van der Waals surface area (Å²) in [5.74, 6) is 0.277. The molecule has 114 valence electrons. The number of hydrogen-bond acceptors (Lipinski definition) is 4. The topological polar surface area (TPSA) is 85.8 Å². The first-order valence-corrected chi connectivity index (χ1v) is 6.62. The Labute approximate surface area is 130 Å². The quantitative estimate of drug-likeness (QED) is 0.831. The number of nitrogens with one attached hydrogen (secondary N) is 1. The molecule has 1 aromatic carbocycles. The van der Waals surface area contributed by atoms with Crippen LogP contribution in [0.1, 0.15) is 30.8 Å². The largest absolute Gasteiger partial charge is 0.397 e. The molecule has 2 rings (SSSR count). The van der Waals surface area contributed by atoms with Crippen LogP contribution in [-0.2, 0) is 6.54 Å². The summed E-state index contributed by atoms with van der Waals surface area (Å²) in [4.78, 5) is 12.0. The van der Waals surface area contributed by atoms with Gasteiger partial charge in [-0.25, -0.2) is 0 Å². The Balaban J connectivity index is 0.00000220. The average Bonchev–Trinajstić information content (AvgIpc) is 2.88. The normalized spacial score (nSPS) is 10.2. The van der Waals surface area contributed by atoms with Crippen LogP contribution in [0.15, 0.2) is 30.5 Å². The van der Waals surface area contributed by atoms with Gasteiger partial charge < -0.3 is 11.1 Å². The summed E-state index contributed by atoms with van der Waals surface area (Å²) in [6.45, 7) is 5.04. The molecule has 1 aromatic heterocycles. The van der Waals surface area contributed by atoms with Crippen LogP contribution in [0, 0.1) is 5.92 Å². The number of halogens is 1. The van der Waals surface area contributed by atoms with E-state index in [1.54, 1.807) is 23.0 Å². The highest BCUT2D eigenvalue weighted by atomic mass is 35.5. The third kappa shape index (κ3) is 4.75. The number of carbonyl (C=O) groups excluding carboxylic acids is 1. The van der Waals surface area contributed by atoms with Crippen molar-refractivity contribution in [3.8, 4) is 0 Å². The van der Waals surface area contributed by atoms with Crippen molar-refractivity contribution in [1.29, 1.82) is 0 Å². The molecule has 0 radical (unpaired) electrons. The van der Waals surface area contributed by atoms with Crippen LogP contribution in [0.4, 0.5) is 11.4 Å². The fraction of sp³-hybridized carbons (Fsp3) is 0.357. The highest BCUT2D eigenvalue weighted by molar-refractivity contribution is 6.04. The van der Waals surface area contributed by atoms with Crippen molar-refractivity contribution in [1.82, 2.24) is 15.0 Å². The van der Waals surface area contributed by atoms with Crippen LogP contribution in [0.2, 0.25) is 0 Å². The molecular weight excluding hydrogens is 290 g/mol. The van der Waals surface area contributed by atoms with Gasteiger partial charge in [-0.1, -0.05) is 31.2 Å². The molecule has 0 saturated carbocycles. The minimum Gasteiger partial charge on any atom is -0.397 e. The van der Waals surface area contributed by atoms with Crippen LogP contribution < -0.4 is 11.1 Å². The zero-order valence-corrected chi connectivity index (χ0v) is 12.9. The van der Waals surface area contributed by atoms with Crippen molar-refractivity contribution in [2.45, 2.75) is 26.8 Å². The van der Waals surface area contributed by atoms with Gasteiger partial charge in [0.05, 0.1) is 17.6 Å². The predicted molar refractivity (Wildman–Crippen MR) is 85.5 cm³/mol. The Kier molecular flexibility index (Phi) is 6.17. The highest BCUT2D eigenvalue weighted by Crippen LogP contribution is 2.17. The van der Waals surface area contributed by atoms with Crippen molar-refractivity contribution >= 4 is 29.7 Å². The predicted octanol–water partition coefficient (Wildman–Crippen LogP) is 2.58. The number of anilines is 2. The molecule has 0 atom stereocenters. The SMILES string of the molecule is CC(C)CCn1cc(C(=O)Nc2ccccc2N)nn1.Cl. The number of aromatic nitrogens is 3. The molecule has 0 aliphatic carbocycles. The second-order valence-electron chi connectivity index (χ2n) is 5.09. The van der Waals surface area contributed by atoms with Crippen LogP contribution in [0.5, 0.6) is 0 Å². The molecule has 0 bridgehead atoms. The Morgan fingerprint density at radius 3 is 2.76 bits per heavy atom. The van der Waals surface area contributed by atoms with Gasteiger partial charge in [0.15, 0.2) is 5.69 Å². The van der Waals surface area contributed by atoms with Gasteiger partial charge in [0.2, 0.25) is 0 Å². The van der Waals surface area contributed by atoms with Crippen molar-refractivity contribution in [3.05, 3.63) is 36.2 Å². The van der Waals surface area contributed by atoms with E-state index >= 15 is 0 Å². The number of aryl methyl sites for hydroxylation is 1.